The van der Waals surface area contributed by atoms with Crippen molar-refractivity contribution in [3.63, 3.8) is 0 Å². The minimum absolute atomic E-state index is 0.132. The van der Waals surface area contributed by atoms with Crippen molar-refractivity contribution in [2.45, 2.75) is 39.7 Å². The van der Waals surface area contributed by atoms with Crippen LogP contribution in [0.15, 0.2) is 17.2 Å². The molecule has 7 nitrogen and oxygen atoms in total. The normalized spacial score (nSPS) is 12.0. The van der Waals surface area contributed by atoms with Crippen LogP contribution in [0.2, 0.25) is 0 Å². The summed E-state index contributed by atoms with van der Waals surface area (Å²) in [4.78, 5) is 13.5. The van der Waals surface area contributed by atoms with E-state index < -0.39 is 5.60 Å². The van der Waals surface area contributed by atoms with Gasteiger partial charge in [-0.05, 0) is 39.8 Å². The largest absolute Gasteiger partial charge is 0.460 e. The Labute approximate surface area is 125 Å². The summed E-state index contributed by atoms with van der Waals surface area (Å²) in [5.74, 6) is 0.971. The summed E-state index contributed by atoms with van der Waals surface area (Å²) in [6.07, 6.45) is 0.132. The maximum atomic E-state index is 11.6. The highest BCUT2D eigenvalue weighted by Gasteiger charge is 2.16. The van der Waals surface area contributed by atoms with Gasteiger partial charge in [0.2, 0.25) is 0 Å². The van der Waals surface area contributed by atoms with Crippen LogP contribution in [-0.2, 0) is 9.53 Å². The first-order valence-corrected chi connectivity index (χ1v) is 6.69. The van der Waals surface area contributed by atoms with Gasteiger partial charge < -0.3 is 9.64 Å². The highest BCUT2D eigenvalue weighted by Crippen LogP contribution is 2.10. The molecule has 0 aromatic carbocycles. The Morgan fingerprint density at radius 1 is 1.33 bits per heavy atom. The Morgan fingerprint density at radius 2 is 2.00 bits per heavy atom. The van der Waals surface area contributed by atoms with Crippen molar-refractivity contribution >= 4 is 23.3 Å². The molecule has 0 saturated carbocycles. The quantitative estimate of drug-likeness (QED) is 0.508. The number of rotatable bonds is 5. The van der Waals surface area contributed by atoms with Crippen LogP contribution in [0.5, 0.6) is 0 Å². The van der Waals surface area contributed by atoms with Gasteiger partial charge >= 0.3 is 5.97 Å². The first-order chi connectivity index (χ1) is 9.67. The molecule has 1 aromatic rings. The molecule has 1 N–H and O–H groups in total. The zero-order valence-corrected chi connectivity index (χ0v) is 13.5. The van der Waals surface area contributed by atoms with Gasteiger partial charge in [-0.2, -0.15) is 5.10 Å². The van der Waals surface area contributed by atoms with Gasteiger partial charge in [0.25, 0.3) is 0 Å². The van der Waals surface area contributed by atoms with Crippen LogP contribution in [0.1, 0.15) is 34.1 Å². The fourth-order valence-electron chi connectivity index (χ4n) is 1.40. The minimum Gasteiger partial charge on any atom is -0.460 e. The predicted molar refractivity (Wildman–Crippen MR) is 83.6 cm³/mol. The molecule has 0 aliphatic heterocycles. The molecule has 116 valence electrons. The van der Waals surface area contributed by atoms with E-state index in [1.54, 1.807) is 13.0 Å². The Bertz CT molecular complexity index is 503. The molecule has 0 unspecified atom stereocenters. The van der Waals surface area contributed by atoms with Crippen LogP contribution in [0.25, 0.3) is 0 Å². The lowest BCUT2D eigenvalue weighted by atomic mass is 10.2. The summed E-state index contributed by atoms with van der Waals surface area (Å²) in [5, 5.41) is 12.1. The number of aromatic nitrogens is 2. The lowest BCUT2D eigenvalue weighted by Gasteiger charge is -2.19. The van der Waals surface area contributed by atoms with Gasteiger partial charge in [-0.1, -0.05) is 0 Å². The lowest BCUT2D eigenvalue weighted by Crippen LogP contribution is -2.25. The van der Waals surface area contributed by atoms with Crippen LogP contribution < -0.4 is 10.3 Å². The second kappa shape index (κ2) is 7.01. The number of nitrogens with zero attached hydrogens (tertiary/aromatic N) is 4. The third kappa shape index (κ3) is 6.69. The van der Waals surface area contributed by atoms with E-state index in [0.29, 0.717) is 11.5 Å². The van der Waals surface area contributed by atoms with E-state index in [9.17, 15) is 4.79 Å². The smallest absolute Gasteiger partial charge is 0.312 e. The third-order valence-corrected chi connectivity index (χ3v) is 2.29. The Hall–Kier alpha value is -2.18. The van der Waals surface area contributed by atoms with Crippen LogP contribution in [0.4, 0.5) is 11.6 Å². The number of nitrogens with one attached hydrogen (secondary N) is 1. The van der Waals surface area contributed by atoms with Crippen molar-refractivity contribution in [3.8, 4) is 0 Å². The Morgan fingerprint density at radius 3 is 2.48 bits per heavy atom. The fraction of sp³-hybridized carbons (Fsp3) is 0.571. The van der Waals surface area contributed by atoms with Crippen molar-refractivity contribution in [3.05, 3.63) is 12.1 Å². The van der Waals surface area contributed by atoms with Crippen molar-refractivity contribution in [1.29, 1.82) is 0 Å². The van der Waals surface area contributed by atoms with Crippen molar-refractivity contribution in [1.82, 2.24) is 10.2 Å². The number of hydrazone groups is 1. The second-order valence-corrected chi connectivity index (χ2v) is 5.89. The summed E-state index contributed by atoms with van der Waals surface area (Å²) < 4.78 is 5.22. The van der Waals surface area contributed by atoms with E-state index >= 15 is 0 Å². The minimum atomic E-state index is -0.488. The van der Waals surface area contributed by atoms with Crippen LogP contribution in [-0.4, -0.2) is 41.6 Å². The van der Waals surface area contributed by atoms with Crippen LogP contribution >= 0.6 is 0 Å². The van der Waals surface area contributed by atoms with Gasteiger partial charge in [-0.25, -0.2) is 0 Å². The van der Waals surface area contributed by atoms with E-state index in [1.165, 1.54) is 0 Å². The third-order valence-electron chi connectivity index (χ3n) is 2.29. The van der Waals surface area contributed by atoms with Crippen LogP contribution in [0.3, 0.4) is 0 Å². The first-order valence-electron chi connectivity index (χ1n) is 6.69. The van der Waals surface area contributed by atoms with Crippen molar-refractivity contribution < 1.29 is 9.53 Å². The molecular formula is C14H23N5O2. The topological polar surface area (TPSA) is 79.7 Å². The standard InChI is InChI=1S/C14H23N5O2/c1-10(9-13(20)21-14(2,3)4)15-16-11-7-8-12(18-17-11)19(5)6/h7-8H,9H2,1-6H3,(H,16,17). The molecule has 0 aliphatic rings. The van der Waals surface area contributed by atoms with Gasteiger partial charge in [0, 0.05) is 19.8 Å². The summed E-state index contributed by atoms with van der Waals surface area (Å²) in [5.41, 5.74) is 2.89. The Balaban J connectivity index is 2.53. The average molecular weight is 293 g/mol. The molecular weight excluding hydrogens is 270 g/mol. The number of carbonyl (C=O) groups excluding carboxylic acids is 1. The van der Waals surface area contributed by atoms with E-state index in [4.69, 9.17) is 4.74 Å². The number of hydrogen-bond donors (Lipinski definition) is 1. The molecule has 0 fully saturated rings. The highest BCUT2D eigenvalue weighted by molar-refractivity contribution is 5.97. The maximum Gasteiger partial charge on any atom is 0.312 e. The van der Waals surface area contributed by atoms with Gasteiger partial charge in [0.05, 0.1) is 6.42 Å². The Kier molecular flexibility index (Phi) is 5.63. The molecule has 7 heteroatoms. The van der Waals surface area contributed by atoms with E-state index in [-0.39, 0.29) is 12.4 Å². The molecule has 1 aromatic heterocycles. The van der Waals surface area contributed by atoms with E-state index in [0.717, 1.165) is 5.82 Å². The molecule has 0 saturated heterocycles. The molecule has 0 radical (unpaired) electrons. The SMILES string of the molecule is CC(CC(=O)OC(C)(C)C)=NNc1ccc(N(C)C)nn1. The molecule has 1 heterocycles. The summed E-state index contributed by atoms with van der Waals surface area (Å²) in [6.45, 7) is 7.24. The van der Waals surface area contributed by atoms with Crippen molar-refractivity contribution in [2.24, 2.45) is 5.10 Å². The molecule has 0 atom stereocenters. The molecule has 0 amide bonds. The van der Waals surface area contributed by atoms with E-state index in [2.05, 4.69) is 20.7 Å². The zero-order valence-electron chi connectivity index (χ0n) is 13.5. The van der Waals surface area contributed by atoms with Gasteiger partial charge in [0.1, 0.15) is 5.60 Å². The molecule has 0 spiro atoms. The second-order valence-electron chi connectivity index (χ2n) is 5.89. The number of hydrogen-bond acceptors (Lipinski definition) is 7. The predicted octanol–water partition coefficient (Wildman–Crippen LogP) is 2.06. The fourth-order valence-corrected chi connectivity index (χ4v) is 1.40. The maximum absolute atomic E-state index is 11.6. The van der Waals surface area contributed by atoms with Crippen molar-refractivity contribution in [2.75, 3.05) is 24.4 Å². The zero-order chi connectivity index (χ0) is 16.0. The molecule has 0 aliphatic carbocycles. The van der Waals surface area contributed by atoms with Crippen LogP contribution in [0, 0.1) is 0 Å². The molecule has 21 heavy (non-hydrogen) atoms. The number of esters is 1. The number of carbonyl (C=O) groups is 1. The highest BCUT2D eigenvalue weighted by atomic mass is 16.6. The van der Waals surface area contributed by atoms with Gasteiger partial charge in [-0.3, -0.25) is 10.2 Å². The monoisotopic (exact) mass is 293 g/mol. The number of anilines is 2. The molecule has 0 bridgehead atoms. The summed E-state index contributed by atoms with van der Waals surface area (Å²) >= 11 is 0. The number of ether oxygens (including phenoxy) is 1. The van der Waals surface area contributed by atoms with Gasteiger partial charge in [0.15, 0.2) is 11.6 Å². The summed E-state index contributed by atoms with van der Waals surface area (Å²) in [6, 6.07) is 3.60. The first kappa shape index (κ1) is 16.9. The molecule has 1 rings (SSSR count). The average Bonchev–Trinajstić information content (AvgIpc) is 2.34. The lowest BCUT2D eigenvalue weighted by molar-refractivity contribution is -0.153. The van der Waals surface area contributed by atoms with E-state index in [1.807, 2.05) is 45.8 Å². The summed E-state index contributed by atoms with van der Waals surface area (Å²) in [7, 11) is 3.78. The van der Waals surface area contributed by atoms with Gasteiger partial charge in [-0.15, -0.1) is 10.2 Å².